The molecule has 5 rings (SSSR count). The Kier molecular flexibility index (Phi) is 9.50. The molecule has 7 nitrogen and oxygen atoms in total. The van der Waals surface area contributed by atoms with E-state index in [9.17, 15) is 19.5 Å². The summed E-state index contributed by atoms with van der Waals surface area (Å²) in [6.45, 7) is 14.4. The summed E-state index contributed by atoms with van der Waals surface area (Å²) in [5.41, 5.74) is 1.20. The minimum Gasteiger partial charge on any atom is -0.394 e. The van der Waals surface area contributed by atoms with Crippen molar-refractivity contribution in [3.05, 3.63) is 97.1 Å². The highest BCUT2D eigenvalue weighted by molar-refractivity contribution is 9.09. The number of amides is 3. The first-order valence-electron chi connectivity index (χ1n) is 15.2. The van der Waals surface area contributed by atoms with Crippen molar-refractivity contribution in [2.24, 2.45) is 11.8 Å². The number of alkyl halides is 1. The van der Waals surface area contributed by atoms with E-state index in [0.717, 1.165) is 11.1 Å². The van der Waals surface area contributed by atoms with Crippen LogP contribution in [-0.4, -0.2) is 83.6 Å². The number of rotatable bonds is 11. The Bertz CT molecular complexity index is 1400. The molecule has 0 radical (unpaired) electrons. The molecule has 0 aliphatic carbocycles. The number of benzene rings is 2. The quantitative estimate of drug-likeness (QED) is 0.261. The molecule has 1 N–H and O–H groups in total. The molecule has 2 bridgehead atoms. The summed E-state index contributed by atoms with van der Waals surface area (Å²) in [5, 5.41) is 10.6. The molecule has 9 heteroatoms. The molecule has 3 aliphatic rings. The second kappa shape index (κ2) is 12.9. The predicted molar refractivity (Wildman–Crippen MR) is 179 cm³/mol. The minimum atomic E-state index is -0.869. The van der Waals surface area contributed by atoms with Gasteiger partial charge in [0.1, 0.15) is 6.04 Å². The summed E-state index contributed by atoms with van der Waals surface area (Å²) >= 11 is 5.49. The van der Waals surface area contributed by atoms with E-state index in [4.69, 9.17) is 0 Å². The van der Waals surface area contributed by atoms with E-state index < -0.39 is 34.2 Å². The Morgan fingerprint density at radius 1 is 1.07 bits per heavy atom. The second-order valence-electron chi connectivity index (χ2n) is 12.9. The molecule has 0 aromatic heterocycles. The lowest BCUT2D eigenvalue weighted by atomic mass is 9.70. The average molecular weight is 681 g/mol. The van der Waals surface area contributed by atoms with Gasteiger partial charge in [-0.15, -0.1) is 24.9 Å². The van der Waals surface area contributed by atoms with Gasteiger partial charge >= 0.3 is 0 Å². The van der Waals surface area contributed by atoms with Crippen LogP contribution in [0.1, 0.15) is 44.4 Å². The number of aliphatic hydroxyl groups excluding tert-OH is 1. The highest BCUT2D eigenvalue weighted by Gasteiger charge is 2.76. The smallest absolute Gasteiger partial charge is 0.247 e. The summed E-state index contributed by atoms with van der Waals surface area (Å²) in [6.07, 6.45) is 3.98. The van der Waals surface area contributed by atoms with E-state index in [1.165, 1.54) is 0 Å². The van der Waals surface area contributed by atoms with Gasteiger partial charge in [-0.05, 0) is 38.3 Å². The third kappa shape index (κ3) is 5.56. The summed E-state index contributed by atoms with van der Waals surface area (Å²) in [4.78, 5) is 49.4. The highest BCUT2D eigenvalue weighted by Crippen LogP contribution is 2.69. The molecule has 0 saturated carbocycles. The number of nitrogens with zero attached hydrogens (tertiary/aromatic N) is 3. The first-order chi connectivity index (χ1) is 21.0. The fourth-order valence-electron chi connectivity index (χ4n) is 7.37. The van der Waals surface area contributed by atoms with Crippen LogP contribution in [0.2, 0.25) is 0 Å². The topological polar surface area (TPSA) is 81.2 Å². The molecule has 44 heavy (non-hydrogen) atoms. The molecule has 3 unspecified atom stereocenters. The zero-order chi connectivity index (χ0) is 31.8. The van der Waals surface area contributed by atoms with E-state index in [1.54, 1.807) is 38.6 Å². The van der Waals surface area contributed by atoms with Gasteiger partial charge in [0.05, 0.1) is 29.2 Å². The molecule has 3 heterocycles. The maximum atomic E-state index is 14.9. The zero-order valence-corrected chi connectivity index (χ0v) is 28.0. The van der Waals surface area contributed by atoms with Gasteiger partial charge in [-0.25, -0.2) is 0 Å². The monoisotopic (exact) mass is 679 g/mol. The molecule has 3 amide bonds. The van der Waals surface area contributed by atoms with Crippen molar-refractivity contribution in [3.63, 3.8) is 0 Å². The maximum Gasteiger partial charge on any atom is 0.247 e. The fraction of sp³-hybridized carbons (Fsp3) is 0.457. The lowest BCUT2D eigenvalue weighted by Gasteiger charge is -2.43. The number of hydrogen-bond donors (Lipinski definition) is 1. The Balaban J connectivity index is 1.62. The third-order valence-electron chi connectivity index (χ3n) is 9.20. The average Bonchev–Trinajstić information content (AvgIpc) is 3.59. The van der Waals surface area contributed by atoms with Crippen molar-refractivity contribution >= 4 is 45.4 Å². The molecule has 1 spiro atoms. The van der Waals surface area contributed by atoms with Gasteiger partial charge in [-0.1, -0.05) is 88.7 Å². The lowest BCUT2D eigenvalue weighted by Crippen LogP contribution is -2.59. The zero-order valence-electron chi connectivity index (χ0n) is 25.6. The fourth-order valence-corrected chi connectivity index (χ4v) is 11.0. The van der Waals surface area contributed by atoms with E-state index in [-0.39, 0.29) is 34.4 Å². The third-order valence-corrected chi connectivity index (χ3v) is 12.4. The highest BCUT2D eigenvalue weighted by atomic mass is 79.9. The molecule has 7 atom stereocenters. The first-order valence-corrected chi connectivity index (χ1v) is 17.0. The van der Waals surface area contributed by atoms with Crippen LogP contribution in [0.3, 0.4) is 0 Å². The molecule has 2 aromatic rings. The lowest BCUT2D eigenvalue weighted by molar-refractivity contribution is -0.149. The summed E-state index contributed by atoms with van der Waals surface area (Å²) < 4.78 is -0.840. The molecular weight excluding hydrogens is 638 g/mol. The van der Waals surface area contributed by atoms with Gasteiger partial charge < -0.3 is 19.8 Å². The number of carbonyl (C=O) groups excluding carboxylic acids is 3. The first kappa shape index (κ1) is 32.5. The van der Waals surface area contributed by atoms with Crippen LogP contribution in [0.5, 0.6) is 0 Å². The molecule has 234 valence electrons. The van der Waals surface area contributed by atoms with Crippen molar-refractivity contribution in [1.82, 2.24) is 14.7 Å². The largest absolute Gasteiger partial charge is 0.394 e. The SMILES string of the molecule is C=CCN(Cc1ccccc1)C(=O)[C@H]1[C@H]2C(=O)N([C@H](CO)c3ccccc3)C(C(=O)N(CC=C)C(C)(C)C)C23CC(Br)[C@@H]1S3. The molecule has 3 saturated heterocycles. The van der Waals surface area contributed by atoms with Crippen molar-refractivity contribution in [2.45, 2.75) is 66.2 Å². The number of hydrogen-bond acceptors (Lipinski definition) is 5. The van der Waals surface area contributed by atoms with Gasteiger partial charge in [0.15, 0.2) is 0 Å². The summed E-state index contributed by atoms with van der Waals surface area (Å²) in [5.74, 6) is -1.88. The summed E-state index contributed by atoms with van der Waals surface area (Å²) in [7, 11) is 0. The number of aliphatic hydroxyl groups is 1. The standard InChI is InChI=1S/C35H42BrN3O4S/c1-6-18-37(21-23-14-10-8-11-15-23)31(41)27-28-32(42)39(26(22-40)24-16-12-9-13-17-24)30(35(28)20-25(36)29(27)44-35)33(43)38(19-7-2)34(3,4)5/h6-17,25-30,40H,1-2,18-22H2,3-5H3/t25?,26-,27+,28+,29+,30?,35?/m1/s1. The van der Waals surface area contributed by atoms with E-state index in [2.05, 4.69) is 29.1 Å². The number of fused-ring (bicyclic) bond motifs is 1. The number of halogens is 1. The predicted octanol–water partition coefficient (Wildman–Crippen LogP) is 5.21. The van der Waals surface area contributed by atoms with Crippen molar-refractivity contribution < 1.29 is 19.5 Å². The van der Waals surface area contributed by atoms with Crippen molar-refractivity contribution in [2.75, 3.05) is 19.7 Å². The van der Waals surface area contributed by atoms with Crippen molar-refractivity contribution in [1.29, 1.82) is 0 Å². The molecule has 2 aromatic carbocycles. The summed E-state index contributed by atoms with van der Waals surface area (Å²) in [6, 6.07) is 17.6. The van der Waals surface area contributed by atoms with Crippen LogP contribution in [0.25, 0.3) is 0 Å². The van der Waals surface area contributed by atoms with E-state index >= 15 is 0 Å². The molecule has 3 fully saturated rings. The Morgan fingerprint density at radius 3 is 2.25 bits per heavy atom. The van der Waals surface area contributed by atoms with Gasteiger partial charge in [0.25, 0.3) is 0 Å². The number of likely N-dealkylation sites (tertiary alicyclic amines) is 1. The van der Waals surface area contributed by atoms with E-state index in [0.29, 0.717) is 26.1 Å². The van der Waals surface area contributed by atoms with Crippen LogP contribution < -0.4 is 0 Å². The second-order valence-corrected chi connectivity index (χ2v) is 15.6. The van der Waals surface area contributed by atoms with Crippen LogP contribution in [0.4, 0.5) is 0 Å². The van der Waals surface area contributed by atoms with Gasteiger partial charge in [-0.2, -0.15) is 0 Å². The Hall–Kier alpha value is -2.88. The Labute approximate surface area is 273 Å². The number of carbonyl (C=O) groups is 3. The van der Waals surface area contributed by atoms with E-state index in [1.807, 2.05) is 81.4 Å². The van der Waals surface area contributed by atoms with Crippen LogP contribution in [0, 0.1) is 11.8 Å². The van der Waals surface area contributed by atoms with Crippen LogP contribution in [-0.2, 0) is 20.9 Å². The molecule has 3 aliphatic heterocycles. The van der Waals surface area contributed by atoms with Gasteiger partial charge in [0, 0.05) is 35.3 Å². The van der Waals surface area contributed by atoms with Crippen molar-refractivity contribution in [3.8, 4) is 0 Å². The van der Waals surface area contributed by atoms with Crippen LogP contribution >= 0.6 is 27.7 Å². The normalized spacial score (nSPS) is 28.0. The number of thioether (sulfide) groups is 1. The maximum absolute atomic E-state index is 14.9. The van der Waals surface area contributed by atoms with Gasteiger partial charge in [-0.3, -0.25) is 14.4 Å². The van der Waals surface area contributed by atoms with Gasteiger partial charge in [0.2, 0.25) is 17.7 Å². The Morgan fingerprint density at radius 2 is 1.68 bits per heavy atom. The van der Waals surface area contributed by atoms with Crippen LogP contribution in [0.15, 0.2) is 86.0 Å². The molecular formula is C35H42BrN3O4S. The minimum absolute atomic E-state index is 0.0603.